The minimum Gasteiger partial charge on any atom is -0.479 e. The van der Waals surface area contributed by atoms with E-state index < -0.39 is 18.0 Å². The highest BCUT2D eigenvalue weighted by atomic mass is 35.5. The molecule has 0 radical (unpaired) electrons. The van der Waals surface area contributed by atoms with Crippen molar-refractivity contribution in [2.24, 2.45) is 11.5 Å². The molecule has 104 valence electrons. The third kappa shape index (κ3) is 4.42. The van der Waals surface area contributed by atoms with E-state index in [2.05, 4.69) is 0 Å². The molecule has 2 atom stereocenters. The molecule has 0 bridgehead atoms. The number of hydrogen-bond donors (Lipinski definition) is 3. The van der Waals surface area contributed by atoms with Gasteiger partial charge in [0, 0.05) is 6.04 Å². The van der Waals surface area contributed by atoms with E-state index in [1.165, 1.54) is 6.92 Å². The second kappa shape index (κ2) is 6.40. The topological polar surface area (TPSA) is 107 Å². The maximum Gasteiger partial charge on any atom is 0.318 e. The minimum atomic E-state index is -0.932. The fourth-order valence-electron chi connectivity index (χ4n) is 1.36. The van der Waals surface area contributed by atoms with Gasteiger partial charge in [0.05, 0.1) is 5.02 Å². The number of halogens is 1. The lowest BCUT2D eigenvalue weighted by molar-refractivity contribution is -0.126. The van der Waals surface area contributed by atoms with Crippen molar-refractivity contribution in [3.05, 3.63) is 28.8 Å². The SMILES string of the molecule is CC(Oc1ccc([C@@H](C)N)cc1Cl)C(=O)NC(N)=O. The van der Waals surface area contributed by atoms with Gasteiger partial charge in [0.1, 0.15) is 5.75 Å². The first-order chi connectivity index (χ1) is 8.81. The lowest BCUT2D eigenvalue weighted by Crippen LogP contribution is -2.42. The fourth-order valence-corrected chi connectivity index (χ4v) is 1.60. The van der Waals surface area contributed by atoms with Crippen LogP contribution >= 0.6 is 11.6 Å². The van der Waals surface area contributed by atoms with Crippen LogP contribution in [0.2, 0.25) is 5.02 Å². The van der Waals surface area contributed by atoms with E-state index >= 15 is 0 Å². The summed E-state index contributed by atoms with van der Waals surface area (Å²) in [4.78, 5) is 22.0. The van der Waals surface area contributed by atoms with Crippen molar-refractivity contribution >= 4 is 23.5 Å². The van der Waals surface area contributed by atoms with Crippen LogP contribution < -0.4 is 21.5 Å². The zero-order valence-corrected chi connectivity index (χ0v) is 11.4. The molecule has 1 aromatic rings. The van der Waals surface area contributed by atoms with Crippen LogP contribution in [-0.2, 0) is 4.79 Å². The first kappa shape index (κ1) is 15.3. The Labute approximate surface area is 116 Å². The van der Waals surface area contributed by atoms with Crippen LogP contribution in [0.3, 0.4) is 0 Å². The minimum absolute atomic E-state index is 0.151. The van der Waals surface area contributed by atoms with Crippen molar-refractivity contribution in [1.29, 1.82) is 0 Å². The number of amides is 3. The Morgan fingerprint density at radius 2 is 2.00 bits per heavy atom. The normalized spacial score (nSPS) is 13.5. The quantitative estimate of drug-likeness (QED) is 0.775. The van der Waals surface area contributed by atoms with Gasteiger partial charge in [-0.25, -0.2) is 4.79 Å². The molecule has 19 heavy (non-hydrogen) atoms. The lowest BCUT2D eigenvalue weighted by atomic mass is 10.1. The first-order valence-corrected chi connectivity index (χ1v) is 6.01. The Morgan fingerprint density at radius 3 is 2.47 bits per heavy atom. The van der Waals surface area contributed by atoms with Crippen LogP contribution in [0, 0.1) is 0 Å². The summed E-state index contributed by atoms with van der Waals surface area (Å²) in [5, 5.41) is 2.26. The second-order valence-electron chi connectivity index (χ2n) is 4.09. The summed E-state index contributed by atoms with van der Waals surface area (Å²) in [6, 6.07) is 3.96. The molecule has 0 saturated carbocycles. The molecule has 5 N–H and O–H groups in total. The Bertz CT molecular complexity index is 491. The molecule has 0 aliphatic carbocycles. The number of rotatable bonds is 4. The largest absolute Gasteiger partial charge is 0.479 e. The van der Waals surface area contributed by atoms with E-state index in [-0.39, 0.29) is 6.04 Å². The van der Waals surface area contributed by atoms with Gasteiger partial charge in [-0.15, -0.1) is 0 Å². The maximum absolute atomic E-state index is 11.4. The van der Waals surface area contributed by atoms with E-state index in [0.717, 1.165) is 5.56 Å². The monoisotopic (exact) mass is 285 g/mol. The molecule has 3 amide bonds. The van der Waals surface area contributed by atoms with Crippen molar-refractivity contribution < 1.29 is 14.3 Å². The summed E-state index contributed by atoms with van der Waals surface area (Å²) in [5.74, 6) is -0.307. The molecule has 6 nitrogen and oxygen atoms in total. The third-order valence-electron chi connectivity index (χ3n) is 2.40. The Morgan fingerprint density at radius 1 is 1.37 bits per heavy atom. The van der Waals surface area contributed by atoms with E-state index in [0.29, 0.717) is 10.8 Å². The van der Waals surface area contributed by atoms with E-state index in [1.54, 1.807) is 18.2 Å². The summed E-state index contributed by atoms with van der Waals surface area (Å²) < 4.78 is 5.35. The molecule has 0 aliphatic heterocycles. The third-order valence-corrected chi connectivity index (χ3v) is 2.70. The number of carbonyl (C=O) groups excluding carboxylic acids is 2. The molecular formula is C12H16ClN3O3. The van der Waals surface area contributed by atoms with Gasteiger partial charge in [0.25, 0.3) is 5.91 Å². The van der Waals surface area contributed by atoms with Crippen LogP contribution in [0.1, 0.15) is 25.5 Å². The van der Waals surface area contributed by atoms with Crippen molar-refractivity contribution in [3.63, 3.8) is 0 Å². The van der Waals surface area contributed by atoms with Gasteiger partial charge in [0.2, 0.25) is 0 Å². The number of urea groups is 1. The summed E-state index contributed by atoms with van der Waals surface area (Å²) in [5.41, 5.74) is 11.4. The lowest BCUT2D eigenvalue weighted by Gasteiger charge is -2.15. The maximum atomic E-state index is 11.4. The summed E-state index contributed by atoms with van der Waals surface area (Å²) in [6.45, 7) is 3.31. The molecule has 0 spiro atoms. The van der Waals surface area contributed by atoms with E-state index in [4.69, 9.17) is 27.8 Å². The van der Waals surface area contributed by atoms with Crippen LogP contribution in [0.5, 0.6) is 5.75 Å². The van der Waals surface area contributed by atoms with Crippen molar-refractivity contribution in [3.8, 4) is 5.75 Å². The number of nitrogens with one attached hydrogen (secondary N) is 1. The second-order valence-corrected chi connectivity index (χ2v) is 4.50. The highest BCUT2D eigenvalue weighted by Crippen LogP contribution is 2.28. The predicted octanol–water partition coefficient (Wildman–Crippen LogP) is 1.32. The summed E-state index contributed by atoms with van der Waals surface area (Å²) >= 11 is 6.02. The molecule has 0 fully saturated rings. The van der Waals surface area contributed by atoms with Crippen LogP contribution in [-0.4, -0.2) is 18.0 Å². The average Bonchev–Trinajstić information content (AvgIpc) is 2.30. The molecular weight excluding hydrogens is 270 g/mol. The first-order valence-electron chi connectivity index (χ1n) is 5.63. The highest BCUT2D eigenvalue weighted by molar-refractivity contribution is 6.32. The molecule has 7 heteroatoms. The van der Waals surface area contributed by atoms with Crippen LogP contribution in [0.25, 0.3) is 0 Å². The molecule has 1 aromatic carbocycles. The summed E-state index contributed by atoms with van der Waals surface area (Å²) in [7, 11) is 0. The average molecular weight is 286 g/mol. The van der Waals surface area contributed by atoms with Gasteiger partial charge < -0.3 is 16.2 Å². The number of hydrogen-bond acceptors (Lipinski definition) is 4. The Hall–Kier alpha value is -1.79. The zero-order valence-electron chi connectivity index (χ0n) is 10.6. The van der Waals surface area contributed by atoms with Gasteiger partial charge in [-0.3, -0.25) is 10.1 Å². The number of ether oxygens (including phenoxy) is 1. The van der Waals surface area contributed by atoms with Gasteiger partial charge in [-0.2, -0.15) is 0 Å². The number of imide groups is 1. The number of primary amides is 1. The molecule has 1 unspecified atom stereocenters. The number of carbonyl (C=O) groups is 2. The molecule has 0 aromatic heterocycles. The van der Waals surface area contributed by atoms with Gasteiger partial charge in [-0.05, 0) is 31.5 Å². The number of nitrogens with two attached hydrogens (primary N) is 2. The van der Waals surface area contributed by atoms with Crippen LogP contribution in [0.4, 0.5) is 4.79 Å². The predicted molar refractivity (Wildman–Crippen MR) is 71.9 cm³/mol. The molecule has 0 saturated heterocycles. The van der Waals surface area contributed by atoms with Crippen LogP contribution in [0.15, 0.2) is 18.2 Å². The zero-order chi connectivity index (χ0) is 14.6. The van der Waals surface area contributed by atoms with Crippen molar-refractivity contribution in [2.45, 2.75) is 26.0 Å². The molecule has 0 aliphatic rings. The van der Waals surface area contributed by atoms with E-state index in [1.807, 2.05) is 12.2 Å². The Balaban J connectivity index is 2.77. The number of benzene rings is 1. The van der Waals surface area contributed by atoms with Crippen molar-refractivity contribution in [2.75, 3.05) is 0 Å². The van der Waals surface area contributed by atoms with Gasteiger partial charge in [0.15, 0.2) is 6.10 Å². The van der Waals surface area contributed by atoms with Gasteiger partial charge >= 0.3 is 6.03 Å². The van der Waals surface area contributed by atoms with Gasteiger partial charge in [-0.1, -0.05) is 17.7 Å². The highest BCUT2D eigenvalue weighted by Gasteiger charge is 2.17. The smallest absolute Gasteiger partial charge is 0.318 e. The molecule has 0 heterocycles. The standard InChI is InChI=1S/C12H16ClN3O3/c1-6(14)8-3-4-10(9(13)5-8)19-7(2)11(17)16-12(15)18/h3-7H,14H2,1-2H3,(H3,15,16,17,18)/t6-,7?/m1/s1. The Kier molecular flexibility index (Phi) is 5.14. The molecule has 1 rings (SSSR count). The van der Waals surface area contributed by atoms with E-state index in [9.17, 15) is 9.59 Å². The van der Waals surface area contributed by atoms with Crippen molar-refractivity contribution in [1.82, 2.24) is 5.32 Å². The summed E-state index contributed by atoms with van der Waals surface area (Å²) in [6.07, 6.45) is -0.897. The fraction of sp³-hybridized carbons (Fsp3) is 0.333.